The van der Waals surface area contributed by atoms with E-state index in [9.17, 15) is 13.2 Å². The molecular weight excluding hydrogens is 401 g/mol. The van der Waals surface area contributed by atoms with Gasteiger partial charge in [0, 0.05) is 18.2 Å². The highest BCUT2D eigenvalue weighted by molar-refractivity contribution is 6.33. The standard InChI is InChI=1S/C21H24ClF3N4/c1-3-15(10-13-4-5-13)28-19-16-8-9-29(20(16)27-12(2)26-19)18-7-6-14(11-17(18)22)21(23,24)25/h6-7,11,13,15H,3-5,8-10H2,1-2H3,(H,26,27,28). The van der Waals surface area contributed by atoms with E-state index in [1.807, 2.05) is 11.8 Å². The van der Waals surface area contributed by atoms with E-state index in [2.05, 4.69) is 22.2 Å². The molecule has 1 aromatic heterocycles. The van der Waals surface area contributed by atoms with Crippen LogP contribution in [-0.4, -0.2) is 22.6 Å². The maximum atomic E-state index is 13.0. The van der Waals surface area contributed by atoms with E-state index in [1.165, 1.54) is 18.9 Å². The molecule has 156 valence electrons. The maximum absolute atomic E-state index is 13.0. The number of hydrogen-bond donors (Lipinski definition) is 1. The minimum Gasteiger partial charge on any atom is -0.367 e. The van der Waals surface area contributed by atoms with Crippen molar-refractivity contribution in [3.63, 3.8) is 0 Å². The molecule has 0 radical (unpaired) electrons. The molecule has 4 nitrogen and oxygen atoms in total. The third-order valence-electron chi connectivity index (χ3n) is 5.65. The number of halogens is 4. The Bertz CT molecular complexity index is 912. The molecule has 1 atom stereocenters. The zero-order chi connectivity index (χ0) is 20.8. The van der Waals surface area contributed by atoms with Crippen LogP contribution in [0, 0.1) is 12.8 Å². The van der Waals surface area contributed by atoms with Gasteiger partial charge in [-0.2, -0.15) is 13.2 Å². The molecule has 29 heavy (non-hydrogen) atoms. The Morgan fingerprint density at radius 3 is 2.66 bits per heavy atom. The molecule has 8 heteroatoms. The normalized spacial score (nSPS) is 17.4. The highest BCUT2D eigenvalue weighted by Gasteiger charge is 2.33. The van der Waals surface area contributed by atoms with Gasteiger partial charge in [-0.25, -0.2) is 9.97 Å². The van der Waals surface area contributed by atoms with E-state index in [4.69, 9.17) is 11.6 Å². The molecule has 0 amide bonds. The Balaban J connectivity index is 1.64. The van der Waals surface area contributed by atoms with Crippen molar-refractivity contribution in [2.24, 2.45) is 5.92 Å². The lowest BCUT2D eigenvalue weighted by Crippen LogP contribution is -2.21. The van der Waals surface area contributed by atoms with Crippen molar-refractivity contribution in [3.05, 3.63) is 40.2 Å². The van der Waals surface area contributed by atoms with Crippen molar-refractivity contribution in [1.29, 1.82) is 0 Å². The van der Waals surface area contributed by atoms with Crippen molar-refractivity contribution in [2.45, 2.75) is 58.2 Å². The summed E-state index contributed by atoms with van der Waals surface area (Å²) in [5.41, 5.74) is 0.783. The molecule has 0 spiro atoms. The van der Waals surface area contributed by atoms with Crippen molar-refractivity contribution in [2.75, 3.05) is 16.8 Å². The number of aromatic nitrogens is 2. The van der Waals surface area contributed by atoms with Crippen LogP contribution in [0.4, 0.5) is 30.5 Å². The van der Waals surface area contributed by atoms with Crippen LogP contribution in [0.5, 0.6) is 0 Å². The summed E-state index contributed by atoms with van der Waals surface area (Å²) in [6.07, 6.45) is 1.07. The molecule has 1 aliphatic heterocycles. The molecule has 2 aliphatic rings. The fourth-order valence-electron chi connectivity index (χ4n) is 3.90. The number of rotatable bonds is 6. The lowest BCUT2D eigenvalue weighted by Gasteiger charge is -2.22. The second-order valence-electron chi connectivity index (χ2n) is 7.92. The average Bonchev–Trinajstić information content (AvgIpc) is 3.37. The Kier molecular flexibility index (Phi) is 5.36. The fourth-order valence-corrected chi connectivity index (χ4v) is 4.18. The second kappa shape index (κ2) is 7.67. The molecule has 0 bridgehead atoms. The van der Waals surface area contributed by atoms with Crippen LogP contribution in [-0.2, 0) is 12.6 Å². The summed E-state index contributed by atoms with van der Waals surface area (Å²) in [6.45, 7) is 4.60. The van der Waals surface area contributed by atoms with Crippen molar-refractivity contribution < 1.29 is 13.2 Å². The van der Waals surface area contributed by atoms with Crippen LogP contribution < -0.4 is 10.2 Å². The smallest absolute Gasteiger partial charge is 0.367 e. The van der Waals surface area contributed by atoms with Crippen LogP contribution in [0.15, 0.2) is 18.2 Å². The molecule has 4 rings (SSSR count). The highest BCUT2D eigenvalue weighted by atomic mass is 35.5. The fraction of sp³-hybridized carbons (Fsp3) is 0.524. The first-order valence-corrected chi connectivity index (χ1v) is 10.4. The van der Waals surface area contributed by atoms with Crippen molar-refractivity contribution >= 4 is 28.9 Å². The predicted molar refractivity (Wildman–Crippen MR) is 109 cm³/mol. The molecule has 1 N–H and O–H groups in total. The third-order valence-corrected chi connectivity index (χ3v) is 5.96. The van der Waals surface area contributed by atoms with Crippen LogP contribution in [0.3, 0.4) is 0 Å². The predicted octanol–water partition coefficient (Wildman–Crippen LogP) is 6.14. The van der Waals surface area contributed by atoms with Crippen LogP contribution in [0.2, 0.25) is 5.02 Å². The number of nitrogens with one attached hydrogen (secondary N) is 1. The molecule has 0 saturated heterocycles. The van der Waals surface area contributed by atoms with Gasteiger partial charge in [-0.15, -0.1) is 0 Å². The van der Waals surface area contributed by atoms with Crippen LogP contribution >= 0.6 is 11.6 Å². The highest BCUT2D eigenvalue weighted by Crippen LogP contribution is 2.42. The van der Waals surface area contributed by atoms with Gasteiger partial charge in [0.15, 0.2) is 0 Å². The van der Waals surface area contributed by atoms with Gasteiger partial charge in [0.1, 0.15) is 17.5 Å². The molecular formula is C21H24ClF3N4. The summed E-state index contributed by atoms with van der Waals surface area (Å²) >= 11 is 6.23. The summed E-state index contributed by atoms with van der Waals surface area (Å²) in [5.74, 6) is 3.00. The number of hydrogen-bond acceptors (Lipinski definition) is 4. The van der Waals surface area contributed by atoms with E-state index in [1.54, 1.807) is 0 Å². The number of nitrogens with zero attached hydrogens (tertiary/aromatic N) is 3. The first-order valence-electron chi connectivity index (χ1n) is 10.0. The molecule has 1 unspecified atom stereocenters. The molecule has 1 saturated carbocycles. The second-order valence-corrected chi connectivity index (χ2v) is 8.32. The SMILES string of the molecule is CCC(CC1CC1)Nc1nc(C)nc2c1CCN2c1ccc(C(F)(F)F)cc1Cl. The Labute approximate surface area is 173 Å². The Morgan fingerprint density at radius 2 is 2.03 bits per heavy atom. The van der Waals surface area contributed by atoms with E-state index in [0.717, 1.165) is 54.5 Å². The number of benzene rings is 1. The number of fused-ring (bicyclic) bond motifs is 1. The quantitative estimate of drug-likeness (QED) is 0.604. The van der Waals surface area contributed by atoms with Crippen LogP contribution in [0.25, 0.3) is 0 Å². The molecule has 1 fully saturated rings. The third kappa shape index (κ3) is 4.29. The molecule has 2 heterocycles. The van der Waals surface area contributed by atoms with Gasteiger partial charge >= 0.3 is 6.18 Å². The van der Waals surface area contributed by atoms with Gasteiger partial charge in [0.2, 0.25) is 0 Å². The number of anilines is 3. The summed E-state index contributed by atoms with van der Waals surface area (Å²) in [5, 5.41) is 3.67. The molecule has 1 aliphatic carbocycles. The van der Waals surface area contributed by atoms with Crippen molar-refractivity contribution in [1.82, 2.24) is 9.97 Å². The van der Waals surface area contributed by atoms with E-state index < -0.39 is 11.7 Å². The monoisotopic (exact) mass is 424 g/mol. The largest absolute Gasteiger partial charge is 0.416 e. The zero-order valence-electron chi connectivity index (χ0n) is 16.5. The number of aryl methyl sites for hydroxylation is 1. The van der Waals surface area contributed by atoms with Gasteiger partial charge in [0.05, 0.1) is 16.3 Å². The first-order chi connectivity index (χ1) is 13.8. The summed E-state index contributed by atoms with van der Waals surface area (Å²) in [7, 11) is 0. The zero-order valence-corrected chi connectivity index (χ0v) is 17.2. The summed E-state index contributed by atoms with van der Waals surface area (Å²) in [6, 6.07) is 3.83. The van der Waals surface area contributed by atoms with Gasteiger partial charge in [-0.1, -0.05) is 31.4 Å². The maximum Gasteiger partial charge on any atom is 0.416 e. The average molecular weight is 425 g/mol. The van der Waals surface area contributed by atoms with Gasteiger partial charge in [0.25, 0.3) is 0 Å². The minimum absolute atomic E-state index is 0.0682. The summed E-state index contributed by atoms with van der Waals surface area (Å²) < 4.78 is 38.9. The van der Waals surface area contributed by atoms with E-state index >= 15 is 0 Å². The van der Waals surface area contributed by atoms with E-state index in [0.29, 0.717) is 24.1 Å². The summed E-state index contributed by atoms with van der Waals surface area (Å²) in [4.78, 5) is 11.1. The van der Waals surface area contributed by atoms with Gasteiger partial charge < -0.3 is 10.2 Å². The molecule has 2 aromatic rings. The lowest BCUT2D eigenvalue weighted by atomic mass is 10.1. The Hall–Kier alpha value is -2.02. The van der Waals surface area contributed by atoms with Gasteiger partial charge in [-0.05, 0) is 50.3 Å². The topological polar surface area (TPSA) is 41.1 Å². The van der Waals surface area contributed by atoms with E-state index in [-0.39, 0.29) is 5.02 Å². The molecule has 1 aromatic carbocycles. The minimum atomic E-state index is -4.42. The van der Waals surface area contributed by atoms with Crippen molar-refractivity contribution in [3.8, 4) is 0 Å². The van der Waals surface area contributed by atoms with Gasteiger partial charge in [-0.3, -0.25) is 0 Å². The van der Waals surface area contributed by atoms with Crippen LogP contribution in [0.1, 0.15) is 49.6 Å². The Morgan fingerprint density at radius 1 is 1.28 bits per heavy atom. The first kappa shape index (κ1) is 20.3. The lowest BCUT2D eigenvalue weighted by molar-refractivity contribution is -0.137. The number of alkyl halides is 3.